The van der Waals surface area contributed by atoms with Gasteiger partial charge in [-0.2, -0.15) is 0 Å². The predicted octanol–water partition coefficient (Wildman–Crippen LogP) is 4.68. The van der Waals surface area contributed by atoms with E-state index in [0.717, 1.165) is 21.7 Å². The number of amides is 1. The van der Waals surface area contributed by atoms with Crippen LogP contribution < -0.4 is 10.5 Å². The molecular formula is C22H22N2O2S2. The molecule has 0 aliphatic carbocycles. The van der Waals surface area contributed by atoms with Crippen molar-refractivity contribution in [2.24, 2.45) is 5.73 Å². The maximum atomic E-state index is 11.8. The zero-order chi connectivity index (χ0) is 20.1. The highest BCUT2D eigenvalue weighted by molar-refractivity contribution is 7.98. The van der Waals surface area contributed by atoms with E-state index in [1.807, 2.05) is 48.7 Å². The lowest BCUT2D eigenvalue weighted by Gasteiger charge is -2.11. The van der Waals surface area contributed by atoms with Gasteiger partial charge in [0, 0.05) is 36.4 Å². The van der Waals surface area contributed by atoms with Gasteiger partial charge in [-0.05, 0) is 30.1 Å². The Morgan fingerprint density at radius 2 is 1.79 bits per heavy atom. The molecule has 0 aliphatic rings. The van der Waals surface area contributed by atoms with Gasteiger partial charge >= 0.3 is 0 Å². The Balaban J connectivity index is 2.15. The van der Waals surface area contributed by atoms with E-state index in [-0.39, 0.29) is 12.3 Å². The van der Waals surface area contributed by atoms with E-state index in [1.54, 1.807) is 18.7 Å². The van der Waals surface area contributed by atoms with Crippen LogP contribution in [0.15, 0.2) is 65.8 Å². The highest BCUT2D eigenvalue weighted by atomic mass is 32.2. The number of thioether (sulfide) groups is 1. The average molecular weight is 411 g/mol. The third kappa shape index (κ3) is 4.64. The summed E-state index contributed by atoms with van der Waals surface area (Å²) in [7, 11) is 0. The van der Waals surface area contributed by atoms with Crippen molar-refractivity contribution >= 4 is 34.9 Å². The first-order valence-corrected chi connectivity index (χ1v) is 10.5. The summed E-state index contributed by atoms with van der Waals surface area (Å²) >= 11 is 6.73. The monoisotopic (exact) mass is 410 g/mol. The maximum absolute atomic E-state index is 11.8. The minimum atomic E-state index is -0.363. The third-order valence-corrected chi connectivity index (χ3v) is 5.25. The zero-order valence-electron chi connectivity index (χ0n) is 15.8. The van der Waals surface area contributed by atoms with E-state index in [9.17, 15) is 4.79 Å². The minimum Gasteiger partial charge on any atom is -0.450 e. The second-order valence-corrected chi connectivity index (χ2v) is 7.75. The lowest BCUT2D eigenvalue weighted by Crippen LogP contribution is -2.14. The van der Waals surface area contributed by atoms with Crippen LogP contribution in [0.3, 0.4) is 0 Å². The van der Waals surface area contributed by atoms with Crippen molar-refractivity contribution in [1.82, 2.24) is 4.57 Å². The Labute approximate surface area is 174 Å². The van der Waals surface area contributed by atoms with Crippen molar-refractivity contribution in [2.75, 3.05) is 6.26 Å². The normalized spacial score (nSPS) is 10.6. The second-order valence-electron chi connectivity index (χ2n) is 6.38. The van der Waals surface area contributed by atoms with E-state index < -0.39 is 0 Å². The van der Waals surface area contributed by atoms with Crippen molar-refractivity contribution < 1.29 is 9.53 Å². The van der Waals surface area contributed by atoms with Gasteiger partial charge in [0.15, 0.2) is 5.05 Å². The number of ether oxygens (including phenoxy) is 1. The summed E-state index contributed by atoms with van der Waals surface area (Å²) in [6.07, 6.45) is 4.24. The first kappa shape index (κ1) is 20.2. The molecule has 4 nitrogen and oxygen atoms in total. The molecule has 0 spiro atoms. The second kappa shape index (κ2) is 9.08. The molecule has 0 atom stereocenters. The number of thiocarbonyl (C=S) groups is 1. The van der Waals surface area contributed by atoms with Crippen molar-refractivity contribution in [3.05, 3.63) is 71.9 Å². The number of nitrogens with zero attached hydrogens (tertiary/aromatic N) is 1. The summed E-state index contributed by atoms with van der Waals surface area (Å²) in [5.41, 5.74) is 9.49. The quantitative estimate of drug-likeness (QED) is 0.454. The zero-order valence-corrected chi connectivity index (χ0v) is 17.5. The largest absolute Gasteiger partial charge is 0.450 e. The summed E-state index contributed by atoms with van der Waals surface area (Å²) in [5.74, 6) is 0.309. The van der Waals surface area contributed by atoms with Crippen LogP contribution in [0.25, 0.3) is 11.1 Å². The Hall–Kier alpha value is -2.57. The van der Waals surface area contributed by atoms with E-state index in [4.69, 9.17) is 22.7 Å². The van der Waals surface area contributed by atoms with Gasteiger partial charge in [-0.3, -0.25) is 4.79 Å². The molecule has 1 amide bonds. The highest BCUT2D eigenvalue weighted by Crippen LogP contribution is 2.38. The molecule has 0 aliphatic heterocycles. The highest BCUT2D eigenvalue weighted by Gasteiger charge is 2.21. The fraction of sp³-hybridized carbons (Fsp3) is 0.182. The minimum absolute atomic E-state index is 0.165. The molecule has 0 radical (unpaired) electrons. The van der Waals surface area contributed by atoms with Gasteiger partial charge < -0.3 is 15.0 Å². The van der Waals surface area contributed by atoms with Gasteiger partial charge in [0.05, 0.1) is 11.4 Å². The first-order chi connectivity index (χ1) is 13.5. The lowest BCUT2D eigenvalue weighted by atomic mass is 10.0. The number of carbonyl (C=O) groups is 1. The maximum Gasteiger partial charge on any atom is 0.221 e. The molecule has 1 aromatic heterocycles. The Morgan fingerprint density at radius 1 is 1.11 bits per heavy atom. The van der Waals surface area contributed by atoms with Gasteiger partial charge in [0.2, 0.25) is 5.91 Å². The fourth-order valence-electron chi connectivity index (χ4n) is 3.23. The van der Waals surface area contributed by atoms with Crippen LogP contribution >= 0.6 is 24.0 Å². The van der Waals surface area contributed by atoms with Crippen LogP contribution in [0.4, 0.5) is 0 Å². The van der Waals surface area contributed by atoms with Crippen LogP contribution in [0.1, 0.15) is 18.1 Å². The molecule has 2 aromatic carbocycles. The molecule has 144 valence electrons. The molecule has 0 unspecified atom stereocenters. The van der Waals surface area contributed by atoms with E-state index in [1.165, 1.54) is 5.56 Å². The number of nitrogens with two attached hydrogens (primary N) is 1. The molecule has 28 heavy (non-hydrogen) atoms. The standard InChI is InChI=1S/C22H22N2O2S2/c1-15(27)26-20-11-7-6-10-17(20)19-14-24(13-16-8-4-3-5-9-16)22(28-2)18(19)12-21(23)25/h3-11,14H,12-13H2,1-2H3,(H2,23,25). The molecule has 1 heterocycles. The number of carbonyl (C=O) groups excluding carboxylic acids is 1. The van der Waals surface area contributed by atoms with Crippen LogP contribution in [0, 0.1) is 0 Å². The number of benzene rings is 2. The fourth-order valence-corrected chi connectivity index (χ4v) is 4.10. The third-order valence-electron chi connectivity index (χ3n) is 4.30. The van der Waals surface area contributed by atoms with Gasteiger partial charge in [0.1, 0.15) is 5.75 Å². The van der Waals surface area contributed by atoms with Gasteiger partial charge in [-0.1, -0.05) is 48.5 Å². The van der Waals surface area contributed by atoms with E-state index in [0.29, 0.717) is 17.3 Å². The molecule has 3 aromatic rings. The van der Waals surface area contributed by atoms with Gasteiger partial charge in [0.25, 0.3) is 0 Å². The smallest absolute Gasteiger partial charge is 0.221 e. The summed E-state index contributed by atoms with van der Waals surface area (Å²) in [6.45, 7) is 2.45. The molecule has 0 bridgehead atoms. The van der Waals surface area contributed by atoms with Crippen molar-refractivity contribution in [2.45, 2.75) is 24.9 Å². The van der Waals surface area contributed by atoms with Crippen LogP contribution in [-0.2, 0) is 17.8 Å². The summed E-state index contributed by atoms with van der Waals surface area (Å²) in [6, 6.07) is 17.9. The van der Waals surface area contributed by atoms with Crippen molar-refractivity contribution in [3.8, 4) is 16.9 Å². The Kier molecular flexibility index (Phi) is 6.54. The SMILES string of the molecule is CSc1c(CC(N)=O)c(-c2ccccc2OC(C)=S)cn1Cc1ccccc1. The number of rotatable bonds is 7. The lowest BCUT2D eigenvalue weighted by molar-refractivity contribution is -0.117. The molecule has 0 saturated carbocycles. The average Bonchev–Trinajstić information content (AvgIpc) is 2.98. The number of primary amides is 1. The van der Waals surface area contributed by atoms with E-state index in [2.05, 4.69) is 22.9 Å². The summed E-state index contributed by atoms with van der Waals surface area (Å²) in [4.78, 5) is 11.8. The first-order valence-electron chi connectivity index (χ1n) is 8.85. The Morgan fingerprint density at radius 3 is 2.43 bits per heavy atom. The number of aromatic nitrogens is 1. The topological polar surface area (TPSA) is 57.3 Å². The summed E-state index contributed by atoms with van der Waals surface area (Å²) in [5, 5.41) is 1.46. The van der Waals surface area contributed by atoms with Crippen LogP contribution in [0.5, 0.6) is 5.75 Å². The Bertz CT molecular complexity index is 997. The molecule has 3 rings (SSSR count). The van der Waals surface area contributed by atoms with Crippen LogP contribution in [0.2, 0.25) is 0 Å². The number of para-hydroxylation sites is 1. The molecular weight excluding hydrogens is 388 g/mol. The van der Waals surface area contributed by atoms with Crippen LogP contribution in [-0.4, -0.2) is 21.8 Å². The predicted molar refractivity (Wildman–Crippen MR) is 119 cm³/mol. The van der Waals surface area contributed by atoms with E-state index >= 15 is 0 Å². The summed E-state index contributed by atoms with van der Waals surface area (Å²) < 4.78 is 7.92. The molecule has 6 heteroatoms. The molecule has 0 fully saturated rings. The van der Waals surface area contributed by atoms with Crippen molar-refractivity contribution in [1.29, 1.82) is 0 Å². The molecule has 0 saturated heterocycles. The number of hydrogen-bond acceptors (Lipinski definition) is 4. The van der Waals surface area contributed by atoms with Gasteiger partial charge in [-0.15, -0.1) is 11.8 Å². The number of hydrogen-bond donors (Lipinski definition) is 1. The molecule has 2 N–H and O–H groups in total. The van der Waals surface area contributed by atoms with Gasteiger partial charge in [-0.25, -0.2) is 0 Å². The van der Waals surface area contributed by atoms with Crippen molar-refractivity contribution in [3.63, 3.8) is 0 Å².